The zero-order valence-electron chi connectivity index (χ0n) is 13.4. The number of piperazine rings is 1. The Morgan fingerprint density at radius 2 is 2.08 bits per heavy atom. The number of hydrogen-bond donors (Lipinski definition) is 2. The monoisotopic (exact) mass is 365 g/mol. The van der Waals surface area contributed by atoms with Crippen molar-refractivity contribution in [2.45, 2.75) is 0 Å². The summed E-state index contributed by atoms with van der Waals surface area (Å²) in [6.45, 7) is 2.20. The number of anilines is 1. The number of urea groups is 1. The predicted octanol–water partition coefficient (Wildman–Crippen LogP) is 1.96. The fraction of sp³-hybridized carbons (Fsp3) is 0.333. The highest BCUT2D eigenvalue weighted by Crippen LogP contribution is 2.41. The summed E-state index contributed by atoms with van der Waals surface area (Å²) in [6, 6.07) is 2.74. The van der Waals surface area contributed by atoms with Crippen molar-refractivity contribution in [3.05, 3.63) is 33.5 Å². The molecule has 1 aliphatic heterocycles. The van der Waals surface area contributed by atoms with Gasteiger partial charge in [-0.15, -0.1) is 0 Å². The summed E-state index contributed by atoms with van der Waals surface area (Å²) in [5.41, 5.74) is 0.328. The zero-order valence-corrected chi connectivity index (χ0v) is 14.2. The highest BCUT2D eigenvalue weighted by molar-refractivity contribution is 6.37. The number of benzene rings is 1. The first-order chi connectivity index (χ1) is 11.9. The molecule has 25 heavy (non-hydrogen) atoms. The Balaban J connectivity index is 2.00. The SMILES string of the molecule is CNC(=O)N1CCN(c2ccnc3c(O)c([N+](=O)[O-])cc(Cl)c23)CC1. The number of nitro benzene ring substituents is 1. The van der Waals surface area contributed by atoms with Gasteiger partial charge in [0.15, 0.2) is 0 Å². The molecule has 1 fully saturated rings. The van der Waals surface area contributed by atoms with Crippen molar-refractivity contribution in [3.63, 3.8) is 0 Å². The van der Waals surface area contributed by atoms with E-state index in [9.17, 15) is 20.0 Å². The number of fused-ring (bicyclic) bond motifs is 1. The number of carbonyl (C=O) groups is 1. The third kappa shape index (κ3) is 2.98. The van der Waals surface area contributed by atoms with E-state index < -0.39 is 16.4 Å². The Bertz CT molecular complexity index is 851. The van der Waals surface area contributed by atoms with E-state index in [0.29, 0.717) is 31.6 Å². The summed E-state index contributed by atoms with van der Waals surface area (Å²) in [5, 5.41) is 24.4. The summed E-state index contributed by atoms with van der Waals surface area (Å²) in [4.78, 5) is 29.8. The van der Waals surface area contributed by atoms with Gasteiger partial charge in [0.25, 0.3) is 0 Å². The van der Waals surface area contributed by atoms with Crippen LogP contribution in [0.5, 0.6) is 5.75 Å². The molecule has 0 atom stereocenters. The Kier molecular flexibility index (Phi) is 4.49. The summed E-state index contributed by atoms with van der Waals surface area (Å²) in [6.07, 6.45) is 1.47. The van der Waals surface area contributed by atoms with Crippen molar-refractivity contribution in [2.75, 3.05) is 38.1 Å². The molecule has 0 unspecified atom stereocenters. The number of aromatic hydroxyl groups is 1. The van der Waals surface area contributed by atoms with Crippen LogP contribution in [0.25, 0.3) is 10.9 Å². The predicted molar refractivity (Wildman–Crippen MR) is 93.3 cm³/mol. The molecule has 0 aliphatic carbocycles. The van der Waals surface area contributed by atoms with Crippen LogP contribution >= 0.6 is 11.6 Å². The summed E-state index contributed by atoms with van der Waals surface area (Å²) < 4.78 is 0. The van der Waals surface area contributed by atoms with E-state index in [-0.39, 0.29) is 16.6 Å². The van der Waals surface area contributed by atoms with Crippen molar-refractivity contribution in [1.29, 1.82) is 0 Å². The van der Waals surface area contributed by atoms with Gasteiger partial charge in [0.05, 0.1) is 9.95 Å². The Morgan fingerprint density at radius 1 is 1.40 bits per heavy atom. The molecule has 2 N–H and O–H groups in total. The van der Waals surface area contributed by atoms with E-state index in [4.69, 9.17) is 11.6 Å². The topological polar surface area (TPSA) is 112 Å². The number of nitrogens with zero attached hydrogens (tertiary/aromatic N) is 4. The molecule has 1 aromatic carbocycles. The number of nitrogens with one attached hydrogen (secondary N) is 1. The van der Waals surface area contributed by atoms with E-state index in [1.54, 1.807) is 18.0 Å². The third-order valence-electron chi connectivity index (χ3n) is 4.22. The van der Waals surface area contributed by atoms with E-state index in [1.165, 1.54) is 6.20 Å². The molecule has 0 radical (unpaired) electrons. The van der Waals surface area contributed by atoms with Gasteiger partial charge >= 0.3 is 11.7 Å². The van der Waals surface area contributed by atoms with Crippen LogP contribution in [0.4, 0.5) is 16.2 Å². The average molecular weight is 366 g/mol. The largest absolute Gasteiger partial charge is 0.501 e. The summed E-state index contributed by atoms with van der Waals surface area (Å²) in [5.74, 6) is -0.504. The van der Waals surface area contributed by atoms with Gasteiger partial charge in [-0.05, 0) is 6.07 Å². The lowest BCUT2D eigenvalue weighted by Gasteiger charge is -2.36. The van der Waals surface area contributed by atoms with Gasteiger partial charge in [-0.3, -0.25) is 15.1 Å². The van der Waals surface area contributed by atoms with Crippen LogP contribution in [0.3, 0.4) is 0 Å². The third-order valence-corrected chi connectivity index (χ3v) is 4.51. The molecule has 2 amide bonds. The van der Waals surface area contributed by atoms with Gasteiger partial charge in [0.2, 0.25) is 5.75 Å². The van der Waals surface area contributed by atoms with Gasteiger partial charge in [0.1, 0.15) is 5.52 Å². The van der Waals surface area contributed by atoms with Crippen molar-refractivity contribution in [1.82, 2.24) is 15.2 Å². The molecule has 2 aromatic rings. The number of hydrogen-bond acceptors (Lipinski definition) is 6. The number of nitro groups is 1. The van der Waals surface area contributed by atoms with Crippen LogP contribution in [0, 0.1) is 10.1 Å². The van der Waals surface area contributed by atoms with Crippen molar-refractivity contribution in [3.8, 4) is 5.75 Å². The second-order valence-electron chi connectivity index (χ2n) is 5.57. The quantitative estimate of drug-likeness (QED) is 0.621. The normalized spacial score (nSPS) is 14.6. The summed E-state index contributed by atoms with van der Waals surface area (Å²) in [7, 11) is 1.58. The maximum Gasteiger partial charge on any atom is 0.317 e. The van der Waals surface area contributed by atoms with Crippen LogP contribution in [0.15, 0.2) is 18.3 Å². The lowest BCUT2D eigenvalue weighted by molar-refractivity contribution is -0.385. The second kappa shape index (κ2) is 6.60. The average Bonchev–Trinajstić information content (AvgIpc) is 2.63. The van der Waals surface area contributed by atoms with Gasteiger partial charge in [-0.25, -0.2) is 4.79 Å². The first kappa shape index (κ1) is 17.0. The van der Waals surface area contributed by atoms with E-state index in [0.717, 1.165) is 11.8 Å². The molecular formula is C15H16ClN5O4. The van der Waals surface area contributed by atoms with Crippen molar-refractivity contribution in [2.24, 2.45) is 0 Å². The molecule has 1 aromatic heterocycles. The number of phenolic OH excluding ortho intramolecular Hbond substituents is 1. The number of phenols is 1. The van der Waals surface area contributed by atoms with Crippen LogP contribution < -0.4 is 10.2 Å². The number of amides is 2. The minimum absolute atomic E-state index is 0.0884. The molecule has 0 saturated carbocycles. The van der Waals surface area contributed by atoms with E-state index in [1.807, 2.05) is 4.90 Å². The highest BCUT2D eigenvalue weighted by Gasteiger charge is 2.26. The maximum absolute atomic E-state index is 11.7. The van der Waals surface area contributed by atoms with Crippen molar-refractivity contribution >= 4 is 39.9 Å². The van der Waals surface area contributed by atoms with Gasteiger partial charge in [-0.2, -0.15) is 0 Å². The van der Waals surface area contributed by atoms with Gasteiger partial charge < -0.3 is 20.2 Å². The van der Waals surface area contributed by atoms with Crippen LogP contribution in [-0.2, 0) is 0 Å². The minimum Gasteiger partial charge on any atom is -0.501 e. The fourth-order valence-electron chi connectivity index (χ4n) is 2.96. The van der Waals surface area contributed by atoms with Crippen LogP contribution in [0.2, 0.25) is 5.02 Å². The molecule has 0 spiro atoms. The number of rotatable bonds is 2. The lowest BCUT2D eigenvalue weighted by Crippen LogP contribution is -2.51. The van der Waals surface area contributed by atoms with E-state index in [2.05, 4.69) is 10.3 Å². The first-order valence-corrected chi connectivity index (χ1v) is 7.98. The lowest BCUT2D eigenvalue weighted by atomic mass is 10.1. The summed E-state index contributed by atoms with van der Waals surface area (Å²) >= 11 is 6.25. The number of pyridine rings is 1. The minimum atomic E-state index is -0.697. The van der Waals surface area contributed by atoms with Gasteiger partial charge in [-0.1, -0.05) is 11.6 Å². The number of carbonyl (C=O) groups excluding carboxylic acids is 1. The van der Waals surface area contributed by atoms with Crippen molar-refractivity contribution < 1.29 is 14.8 Å². The Morgan fingerprint density at radius 3 is 2.68 bits per heavy atom. The highest BCUT2D eigenvalue weighted by atomic mass is 35.5. The van der Waals surface area contributed by atoms with Crippen LogP contribution in [0.1, 0.15) is 0 Å². The molecule has 132 valence electrons. The molecule has 2 heterocycles. The standard InChI is InChI=1S/C15H16ClN5O4/c1-17-15(23)20-6-4-19(5-7-20)10-2-3-18-13-12(10)9(16)8-11(14(13)22)21(24)25/h2-3,8,22H,4-7H2,1H3,(H,17,23). The first-order valence-electron chi connectivity index (χ1n) is 7.60. The molecule has 10 heteroatoms. The Hall–Kier alpha value is -2.81. The molecular weight excluding hydrogens is 350 g/mol. The number of halogens is 1. The molecule has 0 bridgehead atoms. The molecule has 3 rings (SSSR count). The number of aromatic nitrogens is 1. The maximum atomic E-state index is 11.7. The molecule has 9 nitrogen and oxygen atoms in total. The molecule has 1 saturated heterocycles. The fourth-order valence-corrected chi connectivity index (χ4v) is 3.25. The smallest absolute Gasteiger partial charge is 0.317 e. The van der Waals surface area contributed by atoms with Crippen LogP contribution in [-0.4, -0.2) is 59.2 Å². The van der Waals surface area contributed by atoms with E-state index >= 15 is 0 Å². The zero-order chi connectivity index (χ0) is 18.1. The molecule has 1 aliphatic rings. The van der Waals surface area contributed by atoms with Gasteiger partial charge in [0, 0.05) is 56.6 Å². The second-order valence-corrected chi connectivity index (χ2v) is 5.97. The Labute approximate surface area is 147 Å².